The normalized spacial score (nSPS) is 14.4. The second-order valence-corrected chi connectivity index (χ2v) is 13.2. The molecule has 0 spiro atoms. The first-order chi connectivity index (χ1) is 20.5. The number of carbonyl (C=O) groups excluding carboxylic acids is 3. The molecule has 0 atom stereocenters. The summed E-state index contributed by atoms with van der Waals surface area (Å²) in [5.74, 6) is -0.538. The lowest BCUT2D eigenvalue weighted by Gasteiger charge is -2.15. The maximum absolute atomic E-state index is 13.2. The van der Waals surface area contributed by atoms with Crippen LogP contribution in [0.3, 0.4) is 0 Å². The number of hydrogen-bond acceptors (Lipinski definition) is 8. The fraction of sp³-hybridized carbons (Fsp3) is 0.129. The molecule has 1 fully saturated rings. The Morgan fingerprint density at radius 3 is 2.42 bits per heavy atom. The summed E-state index contributed by atoms with van der Waals surface area (Å²) >= 11 is 2.78. The molecular formula is C31H25IN2O7S2. The summed E-state index contributed by atoms with van der Waals surface area (Å²) in [4.78, 5) is 38.6. The second-order valence-electron chi connectivity index (χ2n) is 9.46. The van der Waals surface area contributed by atoms with Crippen LogP contribution in [0.25, 0.3) is 16.8 Å². The molecule has 1 heterocycles. The van der Waals surface area contributed by atoms with E-state index in [0.29, 0.717) is 14.8 Å². The van der Waals surface area contributed by atoms with Gasteiger partial charge in [-0.05, 0) is 112 Å². The Labute approximate surface area is 266 Å². The molecule has 3 amide bonds. The van der Waals surface area contributed by atoms with Crippen LogP contribution in [0.15, 0.2) is 88.7 Å². The van der Waals surface area contributed by atoms with Gasteiger partial charge in [0.05, 0.1) is 21.6 Å². The van der Waals surface area contributed by atoms with Crippen LogP contribution >= 0.6 is 34.4 Å². The van der Waals surface area contributed by atoms with Crippen LogP contribution in [-0.2, 0) is 26.3 Å². The molecule has 0 aromatic heterocycles. The SMILES string of the molecule is CCOc1cc(/C=C2\SC(=O)N(Cc3ccc4ccccc4c3)C2=O)cc(I)c1OS(=O)(=O)c1ccc(NC(C)=O)cc1. The molecule has 1 aliphatic rings. The number of hydrogen-bond donors (Lipinski definition) is 1. The molecule has 1 N–H and O–H groups in total. The van der Waals surface area contributed by atoms with Crippen molar-refractivity contribution in [3.63, 3.8) is 0 Å². The number of halogens is 1. The quantitative estimate of drug-likeness (QED) is 0.114. The molecule has 0 radical (unpaired) electrons. The van der Waals surface area contributed by atoms with E-state index in [9.17, 15) is 22.8 Å². The average molecular weight is 729 g/mol. The Bertz CT molecular complexity index is 1890. The van der Waals surface area contributed by atoms with Gasteiger partial charge in [-0.3, -0.25) is 19.3 Å². The van der Waals surface area contributed by atoms with Crippen LogP contribution in [0, 0.1) is 3.57 Å². The molecule has 4 aromatic carbocycles. The van der Waals surface area contributed by atoms with Crippen LogP contribution in [0.4, 0.5) is 10.5 Å². The second kappa shape index (κ2) is 12.8. The highest BCUT2D eigenvalue weighted by Gasteiger charge is 2.35. The third kappa shape index (κ3) is 7.03. The fourth-order valence-electron chi connectivity index (χ4n) is 4.39. The van der Waals surface area contributed by atoms with E-state index in [1.54, 1.807) is 25.1 Å². The number of carbonyl (C=O) groups is 3. The van der Waals surface area contributed by atoms with Crippen molar-refractivity contribution in [3.8, 4) is 11.5 Å². The molecule has 12 heteroatoms. The third-order valence-electron chi connectivity index (χ3n) is 6.31. The summed E-state index contributed by atoms with van der Waals surface area (Å²) in [6.07, 6.45) is 1.58. The lowest BCUT2D eigenvalue weighted by molar-refractivity contribution is -0.123. The maximum atomic E-state index is 13.2. The van der Waals surface area contributed by atoms with Gasteiger partial charge in [-0.1, -0.05) is 36.4 Å². The van der Waals surface area contributed by atoms with E-state index in [1.807, 2.05) is 65.1 Å². The number of benzene rings is 4. The van der Waals surface area contributed by atoms with Gasteiger partial charge in [0.1, 0.15) is 4.90 Å². The van der Waals surface area contributed by atoms with E-state index in [-0.39, 0.29) is 45.6 Å². The van der Waals surface area contributed by atoms with E-state index < -0.39 is 16.0 Å². The van der Waals surface area contributed by atoms with Gasteiger partial charge in [0.15, 0.2) is 11.5 Å². The summed E-state index contributed by atoms with van der Waals surface area (Å²) in [7, 11) is -4.25. The van der Waals surface area contributed by atoms with Crippen LogP contribution in [0.2, 0.25) is 0 Å². The van der Waals surface area contributed by atoms with Gasteiger partial charge in [0, 0.05) is 12.6 Å². The molecular weight excluding hydrogens is 703 g/mol. The smallest absolute Gasteiger partial charge is 0.339 e. The number of rotatable bonds is 9. The predicted molar refractivity (Wildman–Crippen MR) is 174 cm³/mol. The number of fused-ring (bicyclic) bond motifs is 1. The lowest BCUT2D eigenvalue weighted by atomic mass is 10.1. The van der Waals surface area contributed by atoms with Crippen LogP contribution < -0.4 is 14.2 Å². The number of nitrogens with zero attached hydrogens (tertiary/aromatic N) is 1. The largest absolute Gasteiger partial charge is 0.490 e. The molecule has 5 rings (SSSR count). The maximum Gasteiger partial charge on any atom is 0.339 e. The predicted octanol–water partition coefficient (Wildman–Crippen LogP) is 6.81. The molecule has 0 saturated carbocycles. The molecule has 1 aliphatic heterocycles. The highest BCUT2D eigenvalue weighted by molar-refractivity contribution is 14.1. The average Bonchev–Trinajstić information content (AvgIpc) is 3.22. The van der Waals surface area contributed by atoms with Crippen molar-refractivity contribution < 1.29 is 31.7 Å². The lowest BCUT2D eigenvalue weighted by Crippen LogP contribution is -2.27. The van der Waals surface area contributed by atoms with Gasteiger partial charge in [0.2, 0.25) is 5.91 Å². The first-order valence-corrected chi connectivity index (χ1v) is 16.4. The monoisotopic (exact) mass is 728 g/mol. The number of imide groups is 1. The van der Waals surface area contributed by atoms with Crippen molar-refractivity contribution >= 4 is 84.1 Å². The van der Waals surface area contributed by atoms with Crippen molar-refractivity contribution in [2.24, 2.45) is 0 Å². The number of thioether (sulfide) groups is 1. The van der Waals surface area contributed by atoms with Gasteiger partial charge in [0.25, 0.3) is 11.1 Å². The number of nitrogens with one attached hydrogen (secondary N) is 1. The van der Waals surface area contributed by atoms with Gasteiger partial charge in [-0.2, -0.15) is 8.42 Å². The minimum absolute atomic E-state index is 0.00468. The van der Waals surface area contributed by atoms with Gasteiger partial charge < -0.3 is 14.2 Å². The van der Waals surface area contributed by atoms with Gasteiger partial charge >= 0.3 is 10.1 Å². The summed E-state index contributed by atoms with van der Waals surface area (Å²) < 4.78 is 37.8. The third-order valence-corrected chi connectivity index (χ3v) is 9.26. The molecule has 43 heavy (non-hydrogen) atoms. The van der Waals surface area contributed by atoms with Crippen molar-refractivity contribution in [3.05, 3.63) is 98.5 Å². The first kappa shape index (κ1) is 30.6. The Kier molecular flexibility index (Phi) is 9.08. The number of amides is 3. The highest BCUT2D eigenvalue weighted by Crippen LogP contribution is 2.39. The minimum Gasteiger partial charge on any atom is -0.490 e. The summed E-state index contributed by atoms with van der Waals surface area (Å²) in [5, 5.41) is 4.29. The minimum atomic E-state index is -4.25. The van der Waals surface area contributed by atoms with Crippen molar-refractivity contribution in [2.45, 2.75) is 25.3 Å². The molecule has 4 aromatic rings. The van der Waals surface area contributed by atoms with E-state index in [4.69, 9.17) is 8.92 Å². The molecule has 0 unspecified atom stereocenters. The Morgan fingerprint density at radius 1 is 1.00 bits per heavy atom. The zero-order valence-electron chi connectivity index (χ0n) is 23.0. The summed E-state index contributed by atoms with van der Waals surface area (Å²) in [6.45, 7) is 3.47. The molecule has 9 nitrogen and oxygen atoms in total. The van der Waals surface area contributed by atoms with Crippen molar-refractivity contribution in [2.75, 3.05) is 11.9 Å². The van der Waals surface area contributed by atoms with Crippen LogP contribution in [-0.4, -0.2) is 37.0 Å². The van der Waals surface area contributed by atoms with E-state index in [1.165, 1.54) is 36.1 Å². The summed E-state index contributed by atoms with van der Waals surface area (Å²) in [6, 6.07) is 22.5. The Morgan fingerprint density at radius 2 is 1.72 bits per heavy atom. The zero-order valence-corrected chi connectivity index (χ0v) is 26.8. The van der Waals surface area contributed by atoms with Crippen LogP contribution in [0.1, 0.15) is 25.0 Å². The highest BCUT2D eigenvalue weighted by atomic mass is 127. The van der Waals surface area contributed by atoms with E-state index in [0.717, 1.165) is 28.1 Å². The van der Waals surface area contributed by atoms with Crippen LogP contribution in [0.5, 0.6) is 11.5 Å². The van der Waals surface area contributed by atoms with E-state index in [2.05, 4.69) is 5.32 Å². The number of ether oxygens (including phenoxy) is 1. The Hall–Kier alpha value is -3.88. The summed E-state index contributed by atoms with van der Waals surface area (Å²) in [5.41, 5.74) is 1.82. The standard InChI is InChI=1S/C31H25IN2O7S2/c1-3-40-27-16-21(15-26(32)29(27)41-43(38,39)25-12-10-24(11-13-25)33-19(2)35)17-28-30(36)34(31(37)42-28)18-20-8-9-22-6-4-5-7-23(22)14-20/h4-17H,3,18H2,1-2H3,(H,33,35)/b28-17-. The Balaban J connectivity index is 1.38. The van der Waals surface area contributed by atoms with Crippen molar-refractivity contribution in [1.29, 1.82) is 0 Å². The van der Waals surface area contributed by atoms with E-state index >= 15 is 0 Å². The van der Waals surface area contributed by atoms with Crippen molar-refractivity contribution in [1.82, 2.24) is 4.90 Å². The topological polar surface area (TPSA) is 119 Å². The molecule has 0 bridgehead atoms. The van der Waals surface area contributed by atoms with Gasteiger partial charge in [-0.15, -0.1) is 0 Å². The fourth-order valence-corrected chi connectivity index (χ4v) is 7.07. The van der Waals surface area contributed by atoms with Gasteiger partial charge in [-0.25, -0.2) is 0 Å². The molecule has 220 valence electrons. The zero-order chi connectivity index (χ0) is 30.7. The first-order valence-electron chi connectivity index (χ1n) is 13.1. The molecule has 0 aliphatic carbocycles. The molecule has 1 saturated heterocycles. The number of anilines is 1.